The number of hydrogen-bond donors (Lipinski definition) is 1. The molecule has 0 aliphatic carbocycles. The van der Waals surface area contributed by atoms with Crippen molar-refractivity contribution in [3.8, 4) is 0 Å². The first-order valence-electron chi connectivity index (χ1n) is 11.1. The van der Waals surface area contributed by atoms with Crippen LogP contribution in [0.3, 0.4) is 0 Å². The summed E-state index contributed by atoms with van der Waals surface area (Å²) in [5.74, 6) is 0. The number of likely N-dealkylation sites (N-methyl/N-ethyl adjacent to an activating group) is 1. The molecule has 0 aromatic heterocycles. The molecule has 1 N–H and O–H groups in total. The normalized spacial score (nSPS) is 16.2. The summed E-state index contributed by atoms with van der Waals surface area (Å²) < 4.78 is 5.47. The number of piperidine rings is 1. The summed E-state index contributed by atoms with van der Waals surface area (Å²) in [6.45, 7) is 13.2. The van der Waals surface area contributed by atoms with Crippen molar-refractivity contribution in [2.45, 2.75) is 84.5 Å². The highest BCUT2D eigenvalue weighted by molar-refractivity contribution is 7.80. The highest BCUT2D eigenvalue weighted by atomic mass is 32.1. The molecule has 30 heavy (non-hydrogen) atoms. The fourth-order valence-electron chi connectivity index (χ4n) is 3.54. The number of rotatable bonds is 7. The van der Waals surface area contributed by atoms with E-state index in [1.165, 1.54) is 37.9 Å². The number of amides is 1. The second-order valence-corrected chi connectivity index (χ2v) is 10.0. The smallest absolute Gasteiger partial charge is 0.408 e. The number of carbonyl (C=O) groups is 1. The molecule has 2 rings (SSSR count). The van der Waals surface area contributed by atoms with Gasteiger partial charge in [0.1, 0.15) is 10.6 Å². The Balaban J connectivity index is 2.06. The molecule has 5 nitrogen and oxygen atoms in total. The molecule has 1 saturated heterocycles. The molecule has 0 bridgehead atoms. The van der Waals surface area contributed by atoms with Crippen LogP contribution < -0.4 is 5.32 Å². The van der Waals surface area contributed by atoms with E-state index in [1.807, 2.05) is 32.7 Å². The van der Waals surface area contributed by atoms with Crippen LogP contribution in [-0.4, -0.2) is 58.7 Å². The standard InChI is InChI=1S/C24H39N3O2S/c1-18(2)26(6)22(30)21(25-23(28)29-24(3,4)5)16-19-10-12-20(13-11-19)17-27-14-8-7-9-15-27/h10-13,18,21H,7-9,14-17H2,1-6H3,(H,25,28). The first-order chi connectivity index (χ1) is 14.0. The molecule has 1 amide bonds. The number of ether oxygens (including phenoxy) is 1. The first kappa shape index (κ1) is 24.6. The Labute approximate surface area is 188 Å². The zero-order chi connectivity index (χ0) is 22.3. The van der Waals surface area contributed by atoms with E-state index in [1.54, 1.807) is 0 Å². The fraction of sp³-hybridized carbons (Fsp3) is 0.667. The number of alkyl carbamates (subject to hydrolysis) is 1. The number of nitrogens with one attached hydrogen (secondary N) is 1. The molecule has 1 aliphatic rings. The van der Waals surface area contributed by atoms with Gasteiger partial charge in [-0.2, -0.15) is 0 Å². The molecular weight excluding hydrogens is 394 g/mol. The minimum Gasteiger partial charge on any atom is -0.444 e. The van der Waals surface area contributed by atoms with E-state index in [0.717, 1.165) is 12.1 Å². The lowest BCUT2D eigenvalue weighted by molar-refractivity contribution is 0.0516. The zero-order valence-corrected chi connectivity index (χ0v) is 20.3. The van der Waals surface area contributed by atoms with Gasteiger partial charge in [0.2, 0.25) is 0 Å². The van der Waals surface area contributed by atoms with E-state index in [4.69, 9.17) is 17.0 Å². The van der Waals surface area contributed by atoms with Crippen LogP contribution in [0.4, 0.5) is 4.79 Å². The van der Waals surface area contributed by atoms with Crippen molar-refractivity contribution in [2.75, 3.05) is 20.1 Å². The molecule has 1 aromatic rings. The van der Waals surface area contributed by atoms with Gasteiger partial charge in [-0.1, -0.05) is 42.9 Å². The molecule has 0 spiro atoms. The van der Waals surface area contributed by atoms with E-state index in [-0.39, 0.29) is 12.1 Å². The zero-order valence-electron chi connectivity index (χ0n) is 19.5. The molecule has 1 fully saturated rings. The van der Waals surface area contributed by atoms with E-state index in [0.29, 0.717) is 11.4 Å². The van der Waals surface area contributed by atoms with Crippen molar-refractivity contribution in [2.24, 2.45) is 0 Å². The molecule has 168 valence electrons. The minimum atomic E-state index is -0.545. The maximum Gasteiger partial charge on any atom is 0.408 e. The molecule has 1 aliphatic heterocycles. The summed E-state index contributed by atoms with van der Waals surface area (Å²) in [7, 11) is 1.97. The second-order valence-electron chi connectivity index (χ2n) is 9.60. The van der Waals surface area contributed by atoms with Crippen LogP contribution in [0.5, 0.6) is 0 Å². The molecular formula is C24H39N3O2S. The average molecular weight is 434 g/mol. The lowest BCUT2D eigenvalue weighted by Crippen LogP contribution is -2.50. The van der Waals surface area contributed by atoms with Crippen LogP contribution in [-0.2, 0) is 17.7 Å². The number of thiocarbonyl (C=S) groups is 1. The van der Waals surface area contributed by atoms with Crippen molar-refractivity contribution in [1.82, 2.24) is 15.1 Å². The Bertz CT molecular complexity index is 691. The van der Waals surface area contributed by atoms with E-state index in [2.05, 4.69) is 48.3 Å². The predicted molar refractivity (Wildman–Crippen MR) is 128 cm³/mol. The topological polar surface area (TPSA) is 44.8 Å². The van der Waals surface area contributed by atoms with Gasteiger partial charge in [-0.25, -0.2) is 4.79 Å². The van der Waals surface area contributed by atoms with E-state index in [9.17, 15) is 4.79 Å². The summed E-state index contributed by atoms with van der Waals surface area (Å²) in [5.41, 5.74) is 1.94. The van der Waals surface area contributed by atoms with Crippen molar-refractivity contribution in [1.29, 1.82) is 0 Å². The molecule has 1 unspecified atom stereocenters. The second kappa shape index (κ2) is 11.1. The van der Waals surface area contributed by atoms with Gasteiger partial charge < -0.3 is 15.0 Å². The highest BCUT2D eigenvalue weighted by Gasteiger charge is 2.25. The lowest BCUT2D eigenvalue weighted by atomic mass is 10.0. The van der Waals surface area contributed by atoms with E-state index < -0.39 is 11.7 Å². The predicted octanol–water partition coefficient (Wildman–Crippen LogP) is 4.78. The maximum atomic E-state index is 12.4. The van der Waals surface area contributed by atoms with Gasteiger partial charge in [0.25, 0.3) is 0 Å². The largest absolute Gasteiger partial charge is 0.444 e. The molecule has 1 atom stereocenters. The number of benzene rings is 1. The molecule has 0 saturated carbocycles. The monoisotopic (exact) mass is 433 g/mol. The van der Waals surface area contributed by atoms with Crippen LogP contribution in [0.15, 0.2) is 24.3 Å². The fourth-order valence-corrected chi connectivity index (χ4v) is 3.90. The highest BCUT2D eigenvalue weighted by Crippen LogP contribution is 2.16. The van der Waals surface area contributed by atoms with Crippen molar-refractivity contribution >= 4 is 23.3 Å². The van der Waals surface area contributed by atoms with Crippen molar-refractivity contribution in [3.05, 3.63) is 35.4 Å². The number of carbonyl (C=O) groups excluding carboxylic acids is 1. The Morgan fingerprint density at radius 3 is 2.23 bits per heavy atom. The van der Waals surface area contributed by atoms with Gasteiger partial charge in [-0.15, -0.1) is 0 Å². The van der Waals surface area contributed by atoms with Gasteiger partial charge >= 0.3 is 6.09 Å². The third-order valence-corrected chi connectivity index (χ3v) is 6.00. The molecule has 1 aromatic carbocycles. The quantitative estimate of drug-likeness (QED) is 0.627. The lowest BCUT2D eigenvalue weighted by Gasteiger charge is -2.31. The van der Waals surface area contributed by atoms with Crippen LogP contribution in [0, 0.1) is 0 Å². The van der Waals surface area contributed by atoms with Gasteiger partial charge in [-0.3, -0.25) is 4.90 Å². The van der Waals surface area contributed by atoms with Crippen molar-refractivity contribution in [3.63, 3.8) is 0 Å². The third kappa shape index (κ3) is 8.23. The van der Waals surface area contributed by atoms with Crippen LogP contribution >= 0.6 is 12.2 Å². The Morgan fingerprint density at radius 1 is 1.13 bits per heavy atom. The SMILES string of the molecule is CC(C)N(C)C(=S)C(Cc1ccc(CN2CCCCC2)cc1)NC(=O)OC(C)(C)C. The average Bonchev–Trinajstić information content (AvgIpc) is 2.67. The Kier molecular flexibility index (Phi) is 9.10. The van der Waals surface area contributed by atoms with Crippen LogP contribution in [0.1, 0.15) is 65.0 Å². The summed E-state index contributed by atoms with van der Waals surface area (Å²) in [6.07, 6.45) is 4.16. The summed E-state index contributed by atoms with van der Waals surface area (Å²) in [6, 6.07) is 8.66. The third-order valence-electron chi connectivity index (χ3n) is 5.43. The minimum absolute atomic E-state index is 0.257. The Morgan fingerprint density at radius 2 is 1.70 bits per heavy atom. The maximum absolute atomic E-state index is 12.4. The van der Waals surface area contributed by atoms with Gasteiger partial charge in [0.15, 0.2) is 0 Å². The number of hydrogen-bond acceptors (Lipinski definition) is 4. The summed E-state index contributed by atoms with van der Waals surface area (Å²) in [4.78, 5) is 17.7. The Hall–Kier alpha value is -1.66. The number of likely N-dealkylation sites (tertiary alicyclic amines) is 1. The first-order valence-corrected chi connectivity index (χ1v) is 11.5. The van der Waals surface area contributed by atoms with Gasteiger partial charge in [0.05, 0.1) is 6.04 Å². The van der Waals surface area contributed by atoms with Gasteiger partial charge in [-0.05, 0) is 78.1 Å². The van der Waals surface area contributed by atoms with Gasteiger partial charge in [0, 0.05) is 19.6 Å². The number of nitrogens with zero attached hydrogens (tertiary/aromatic N) is 2. The summed E-state index contributed by atoms with van der Waals surface area (Å²) in [5, 5.41) is 2.99. The van der Waals surface area contributed by atoms with Crippen molar-refractivity contribution < 1.29 is 9.53 Å². The van der Waals surface area contributed by atoms with Crippen LogP contribution in [0.2, 0.25) is 0 Å². The van der Waals surface area contributed by atoms with Crippen LogP contribution in [0.25, 0.3) is 0 Å². The molecule has 1 heterocycles. The van der Waals surface area contributed by atoms with E-state index >= 15 is 0 Å². The molecule has 0 radical (unpaired) electrons. The molecule has 6 heteroatoms. The summed E-state index contributed by atoms with van der Waals surface area (Å²) >= 11 is 5.72.